The van der Waals surface area contributed by atoms with E-state index in [-0.39, 0.29) is 5.25 Å². The Kier molecular flexibility index (Phi) is 4.58. The van der Waals surface area contributed by atoms with Gasteiger partial charge in [0, 0.05) is 9.92 Å². The molecule has 1 nitrogen and oxygen atoms in total. The van der Waals surface area contributed by atoms with Gasteiger partial charge in [0.1, 0.15) is 0 Å². The van der Waals surface area contributed by atoms with Gasteiger partial charge in [0.15, 0.2) is 0 Å². The number of thioether (sulfide) groups is 1. The lowest BCUT2D eigenvalue weighted by atomic mass is 10.3. The highest BCUT2D eigenvalue weighted by atomic mass is 35.5. The van der Waals surface area contributed by atoms with Crippen molar-refractivity contribution < 1.29 is 0 Å². The average Bonchev–Trinajstić information content (AvgIpc) is 2.20. The molecule has 0 saturated carbocycles. The van der Waals surface area contributed by atoms with Crippen LogP contribution in [-0.4, -0.2) is 5.25 Å². The summed E-state index contributed by atoms with van der Waals surface area (Å²) in [5, 5.41) is 9.48. The fourth-order valence-electron chi connectivity index (χ4n) is 0.956. The van der Waals surface area contributed by atoms with Gasteiger partial charge < -0.3 is 0 Å². The molecule has 0 aliphatic rings. The highest BCUT2D eigenvalue weighted by molar-refractivity contribution is 8.00. The second-order valence-corrected chi connectivity index (χ2v) is 4.43. The van der Waals surface area contributed by atoms with Gasteiger partial charge >= 0.3 is 0 Å². The quantitative estimate of drug-likeness (QED) is 0.571. The maximum absolute atomic E-state index is 8.83. The van der Waals surface area contributed by atoms with E-state index in [0.717, 1.165) is 4.90 Å². The third kappa shape index (κ3) is 3.45. The first-order valence-corrected chi connectivity index (χ1v) is 5.44. The summed E-state index contributed by atoms with van der Waals surface area (Å²) in [5.41, 5.74) is 0. The fourth-order valence-corrected chi connectivity index (χ4v) is 1.99. The van der Waals surface area contributed by atoms with Gasteiger partial charge in [0.25, 0.3) is 0 Å². The van der Waals surface area contributed by atoms with Crippen LogP contribution < -0.4 is 0 Å². The lowest BCUT2D eigenvalue weighted by Crippen LogP contribution is -1.95. The molecule has 14 heavy (non-hydrogen) atoms. The normalized spacial score (nSPS) is 11.7. The molecular weight excluding hydrogens is 214 g/mol. The summed E-state index contributed by atoms with van der Waals surface area (Å²) in [7, 11) is 0. The standard InChI is InChI=1S/C11H10ClNS/c1-2-3-11(8-13)14-10-6-4-9(12)5-7-10/h2,4-7,11H,1,3H2. The molecule has 0 fully saturated rings. The van der Waals surface area contributed by atoms with E-state index < -0.39 is 0 Å². The molecule has 1 aromatic carbocycles. The summed E-state index contributed by atoms with van der Waals surface area (Å²) in [6.07, 6.45) is 2.46. The molecule has 0 radical (unpaired) electrons. The zero-order valence-electron chi connectivity index (χ0n) is 7.61. The highest BCUT2D eigenvalue weighted by Gasteiger charge is 2.06. The van der Waals surface area contributed by atoms with Gasteiger partial charge in [-0.2, -0.15) is 5.26 Å². The zero-order chi connectivity index (χ0) is 10.4. The third-order valence-corrected chi connectivity index (χ3v) is 3.00. The van der Waals surface area contributed by atoms with Crippen LogP contribution >= 0.6 is 23.4 Å². The van der Waals surface area contributed by atoms with Crippen LogP contribution in [0.15, 0.2) is 41.8 Å². The van der Waals surface area contributed by atoms with Gasteiger partial charge in [0.05, 0.1) is 11.3 Å². The molecule has 3 heteroatoms. The van der Waals surface area contributed by atoms with Crippen LogP contribution in [0.5, 0.6) is 0 Å². The average molecular weight is 224 g/mol. The van der Waals surface area contributed by atoms with Crippen molar-refractivity contribution in [2.75, 3.05) is 0 Å². The number of allylic oxidation sites excluding steroid dienone is 1. The molecule has 0 bridgehead atoms. The number of nitriles is 1. The summed E-state index contributed by atoms with van der Waals surface area (Å²) in [5.74, 6) is 0. The van der Waals surface area contributed by atoms with E-state index in [1.54, 1.807) is 6.08 Å². The van der Waals surface area contributed by atoms with Crippen LogP contribution in [0.2, 0.25) is 5.02 Å². The summed E-state index contributed by atoms with van der Waals surface area (Å²) in [6, 6.07) is 9.71. The van der Waals surface area contributed by atoms with Crippen molar-refractivity contribution in [2.45, 2.75) is 16.6 Å². The van der Waals surface area contributed by atoms with Crippen molar-refractivity contribution in [3.8, 4) is 6.07 Å². The molecule has 1 aromatic rings. The van der Waals surface area contributed by atoms with Crippen LogP contribution in [-0.2, 0) is 0 Å². The monoisotopic (exact) mass is 223 g/mol. The molecule has 72 valence electrons. The minimum Gasteiger partial charge on any atom is -0.197 e. The van der Waals surface area contributed by atoms with Crippen molar-refractivity contribution in [2.24, 2.45) is 0 Å². The number of benzene rings is 1. The minimum atomic E-state index is -0.0614. The number of nitrogens with zero attached hydrogens (tertiary/aromatic N) is 1. The molecule has 1 rings (SSSR count). The maximum Gasteiger partial charge on any atom is 0.0997 e. The summed E-state index contributed by atoms with van der Waals surface area (Å²) >= 11 is 7.28. The van der Waals surface area contributed by atoms with E-state index in [1.165, 1.54) is 11.8 Å². The molecule has 0 saturated heterocycles. The van der Waals surface area contributed by atoms with Crippen molar-refractivity contribution in [3.05, 3.63) is 41.9 Å². The van der Waals surface area contributed by atoms with Crippen molar-refractivity contribution in [1.29, 1.82) is 5.26 Å². The zero-order valence-corrected chi connectivity index (χ0v) is 9.18. The van der Waals surface area contributed by atoms with Gasteiger partial charge in [-0.15, -0.1) is 18.3 Å². The summed E-state index contributed by atoms with van der Waals surface area (Å²) in [6.45, 7) is 3.62. The van der Waals surface area contributed by atoms with Gasteiger partial charge in [-0.1, -0.05) is 17.7 Å². The summed E-state index contributed by atoms with van der Waals surface area (Å²) in [4.78, 5) is 1.06. The number of rotatable bonds is 4. The lowest BCUT2D eigenvalue weighted by molar-refractivity contribution is 1.08. The Morgan fingerprint density at radius 1 is 1.50 bits per heavy atom. The van der Waals surface area contributed by atoms with E-state index >= 15 is 0 Å². The molecule has 0 aliphatic heterocycles. The second-order valence-electron chi connectivity index (χ2n) is 2.71. The van der Waals surface area contributed by atoms with E-state index in [2.05, 4.69) is 12.6 Å². The highest BCUT2D eigenvalue weighted by Crippen LogP contribution is 2.26. The first kappa shape index (κ1) is 11.2. The summed E-state index contributed by atoms with van der Waals surface area (Å²) < 4.78 is 0. The smallest absolute Gasteiger partial charge is 0.0997 e. The first-order chi connectivity index (χ1) is 6.76. The number of halogens is 1. The van der Waals surface area contributed by atoms with Gasteiger partial charge in [0.2, 0.25) is 0 Å². The van der Waals surface area contributed by atoms with E-state index in [9.17, 15) is 0 Å². The number of hydrogen-bond donors (Lipinski definition) is 0. The van der Waals surface area contributed by atoms with Gasteiger partial charge in [-0.05, 0) is 30.7 Å². The molecule has 0 aliphatic carbocycles. The van der Waals surface area contributed by atoms with E-state index in [1.807, 2.05) is 24.3 Å². The van der Waals surface area contributed by atoms with Crippen molar-refractivity contribution >= 4 is 23.4 Å². The molecular formula is C11H10ClNS. The first-order valence-electron chi connectivity index (χ1n) is 4.19. The third-order valence-electron chi connectivity index (χ3n) is 1.62. The van der Waals surface area contributed by atoms with Gasteiger partial charge in [-0.25, -0.2) is 0 Å². The lowest BCUT2D eigenvalue weighted by Gasteiger charge is -2.05. The van der Waals surface area contributed by atoms with Crippen LogP contribution in [0.3, 0.4) is 0 Å². The molecule has 0 spiro atoms. The topological polar surface area (TPSA) is 23.8 Å². The fraction of sp³-hybridized carbons (Fsp3) is 0.182. The molecule has 0 N–H and O–H groups in total. The van der Waals surface area contributed by atoms with Crippen LogP contribution in [0.1, 0.15) is 6.42 Å². The molecule has 1 unspecified atom stereocenters. The van der Waals surface area contributed by atoms with Crippen LogP contribution in [0.25, 0.3) is 0 Å². The Hall–Kier alpha value is -0.910. The SMILES string of the molecule is C=CCC(C#N)Sc1ccc(Cl)cc1. The molecule has 1 atom stereocenters. The molecule has 0 amide bonds. The Morgan fingerprint density at radius 3 is 2.64 bits per heavy atom. The van der Waals surface area contributed by atoms with Gasteiger partial charge in [-0.3, -0.25) is 0 Å². The second kappa shape index (κ2) is 5.74. The van der Waals surface area contributed by atoms with Crippen molar-refractivity contribution in [3.63, 3.8) is 0 Å². The minimum absolute atomic E-state index is 0.0614. The molecule has 0 aromatic heterocycles. The Morgan fingerprint density at radius 2 is 2.14 bits per heavy atom. The van der Waals surface area contributed by atoms with Crippen LogP contribution in [0, 0.1) is 11.3 Å². The Balaban J connectivity index is 2.63. The van der Waals surface area contributed by atoms with E-state index in [4.69, 9.17) is 16.9 Å². The van der Waals surface area contributed by atoms with E-state index in [0.29, 0.717) is 11.4 Å². The van der Waals surface area contributed by atoms with Crippen LogP contribution in [0.4, 0.5) is 0 Å². The van der Waals surface area contributed by atoms with Crippen molar-refractivity contribution in [1.82, 2.24) is 0 Å². The predicted octanol–water partition coefficient (Wildman–Crippen LogP) is 3.90. The number of hydrogen-bond acceptors (Lipinski definition) is 2. The largest absolute Gasteiger partial charge is 0.197 e. The molecule has 0 heterocycles. The predicted molar refractivity (Wildman–Crippen MR) is 61.5 cm³/mol. The Labute approximate surface area is 93.4 Å². The maximum atomic E-state index is 8.83. The Bertz CT molecular complexity index is 339.